The van der Waals surface area contributed by atoms with E-state index in [1.165, 1.54) is 18.3 Å². The van der Waals surface area contributed by atoms with Gasteiger partial charge in [-0.3, -0.25) is 9.78 Å². The van der Waals surface area contributed by atoms with E-state index in [9.17, 15) is 14.0 Å². The number of hydrogen-bond donors (Lipinski definition) is 1. The summed E-state index contributed by atoms with van der Waals surface area (Å²) in [5.41, 5.74) is 1.51. The second-order valence-electron chi connectivity index (χ2n) is 5.82. The number of carboxylic acids is 1. The van der Waals surface area contributed by atoms with Crippen molar-refractivity contribution in [3.63, 3.8) is 0 Å². The fraction of sp³-hybridized carbons (Fsp3) is 0.222. The molecule has 0 saturated heterocycles. The number of rotatable bonds is 4. The minimum absolute atomic E-state index is 0.00876. The van der Waals surface area contributed by atoms with Gasteiger partial charge in [0.2, 0.25) is 0 Å². The fourth-order valence-electron chi connectivity index (χ4n) is 2.74. The standard InChI is InChI=1S/C18H16FN3O3S/c1-10(16-13(19)4-3-7-20-16)22(17(23)18(24)25)9-12-5-6-15-14(8-12)21-11(2)26-15/h3-8,10H,9H2,1-2H3,(H,24,25). The number of halogens is 1. The molecule has 8 heteroatoms. The molecule has 0 aliphatic heterocycles. The molecule has 0 aliphatic rings. The lowest BCUT2D eigenvalue weighted by molar-refractivity contribution is -0.157. The predicted octanol–water partition coefficient (Wildman–Crippen LogP) is 3.31. The first-order valence-corrected chi connectivity index (χ1v) is 8.69. The van der Waals surface area contributed by atoms with Crippen LogP contribution >= 0.6 is 11.3 Å². The van der Waals surface area contributed by atoms with E-state index in [-0.39, 0.29) is 12.2 Å². The number of aromatic nitrogens is 2. The monoisotopic (exact) mass is 373 g/mol. The maximum absolute atomic E-state index is 14.1. The summed E-state index contributed by atoms with van der Waals surface area (Å²) in [6.45, 7) is 3.46. The molecule has 3 rings (SSSR count). The van der Waals surface area contributed by atoms with Crippen molar-refractivity contribution in [1.82, 2.24) is 14.9 Å². The van der Waals surface area contributed by atoms with Gasteiger partial charge in [-0.25, -0.2) is 14.2 Å². The number of hydrogen-bond acceptors (Lipinski definition) is 5. The molecule has 0 spiro atoms. The molecule has 1 atom stereocenters. The van der Waals surface area contributed by atoms with Gasteiger partial charge in [0.05, 0.1) is 27.0 Å². The molecule has 134 valence electrons. The highest BCUT2D eigenvalue weighted by Crippen LogP contribution is 2.26. The summed E-state index contributed by atoms with van der Waals surface area (Å²) in [7, 11) is 0. The van der Waals surface area contributed by atoms with Crippen molar-refractivity contribution in [1.29, 1.82) is 0 Å². The highest BCUT2D eigenvalue weighted by molar-refractivity contribution is 7.18. The van der Waals surface area contributed by atoms with Gasteiger partial charge in [0.15, 0.2) is 0 Å². The molecule has 0 bridgehead atoms. The lowest BCUT2D eigenvalue weighted by atomic mass is 10.1. The number of pyridine rings is 1. The molecule has 2 heterocycles. The second-order valence-corrected chi connectivity index (χ2v) is 7.05. The minimum Gasteiger partial charge on any atom is -0.474 e. The molecule has 0 saturated carbocycles. The molecule has 0 radical (unpaired) electrons. The van der Waals surface area contributed by atoms with Gasteiger partial charge in [0, 0.05) is 12.7 Å². The van der Waals surface area contributed by atoms with Gasteiger partial charge in [0.25, 0.3) is 0 Å². The summed E-state index contributed by atoms with van der Waals surface area (Å²) in [5.74, 6) is -3.30. The van der Waals surface area contributed by atoms with Gasteiger partial charge in [-0.2, -0.15) is 0 Å². The second kappa shape index (κ2) is 7.17. The Labute approximate surface area is 152 Å². The number of thiazole rings is 1. The SMILES string of the molecule is Cc1nc2cc(CN(C(=O)C(=O)O)C(C)c3ncccc3F)ccc2s1. The van der Waals surface area contributed by atoms with E-state index in [1.807, 2.05) is 25.1 Å². The molecule has 3 aromatic rings. The third-order valence-corrected chi connectivity index (χ3v) is 4.96. The Morgan fingerprint density at radius 3 is 2.81 bits per heavy atom. The number of benzene rings is 1. The first kappa shape index (κ1) is 17.9. The van der Waals surface area contributed by atoms with E-state index in [1.54, 1.807) is 18.3 Å². The van der Waals surface area contributed by atoms with Crippen molar-refractivity contribution in [2.24, 2.45) is 0 Å². The van der Waals surface area contributed by atoms with Crippen molar-refractivity contribution < 1.29 is 19.1 Å². The first-order valence-electron chi connectivity index (χ1n) is 7.87. The van der Waals surface area contributed by atoms with Crippen molar-refractivity contribution in [2.45, 2.75) is 26.4 Å². The maximum atomic E-state index is 14.1. The minimum atomic E-state index is -1.60. The van der Waals surface area contributed by atoms with Gasteiger partial charge in [-0.05, 0) is 43.7 Å². The van der Waals surface area contributed by atoms with Crippen LogP contribution in [0.1, 0.15) is 29.2 Å². The Bertz CT molecular complexity index is 989. The van der Waals surface area contributed by atoms with Crippen LogP contribution in [0.25, 0.3) is 10.2 Å². The van der Waals surface area contributed by atoms with E-state index < -0.39 is 23.7 Å². The zero-order valence-electron chi connectivity index (χ0n) is 14.1. The number of carbonyl (C=O) groups excluding carboxylic acids is 1. The predicted molar refractivity (Wildman–Crippen MR) is 95.2 cm³/mol. The summed E-state index contributed by atoms with van der Waals surface area (Å²) < 4.78 is 15.1. The van der Waals surface area contributed by atoms with Crippen LogP contribution in [0.5, 0.6) is 0 Å². The van der Waals surface area contributed by atoms with Crippen LogP contribution < -0.4 is 0 Å². The molecule has 26 heavy (non-hydrogen) atoms. The van der Waals surface area contributed by atoms with Crippen molar-refractivity contribution in [3.8, 4) is 0 Å². The van der Waals surface area contributed by atoms with Crippen molar-refractivity contribution in [2.75, 3.05) is 0 Å². The smallest absolute Gasteiger partial charge is 0.394 e. The van der Waals surface area contributed by atoms with Crippen LogP contribution in [0.15, 0.2) is 36.5 Å². The van der Waals surface area contributed by atoms with Crippen LogP contribution in [-0.4, -0.2) is 31.9 Å². The maximum Gasteiger partial charge on any atom is 0.394 e. The van der Waals surface area contributed by atoms with Gasteiger partial charge in [-0.1, -0.05) is 6.07 Å². The zero-order valence-corrected chi connectivity index (χ0v) is 15.0. The third kappa shape index (κ3) is 3.55. The van der Waals surface area contributed by atoms with Gasteiger partial charge in [0.1, 0.15) is 5.82 Å². The van der Waals surface area contributed by atoms with E-state index in [2.05, 4.69) is 9.97 Å². The highest BCUT2D eigenvalue weighted by Gasteiger charge is 2.29. The van der Waals surface area contributed by atoms with Crippen LogP contribution in [0.2, 0.25) is 0 Å². The Hall–Kier alpha value is -2.87. The first-order chi connectivity index (χ1) is 12.4. The normalized spacial score (nSPS) is 12.1. The number of amides is 1. The van der Waals surface area contributed by atoms with Gasteiger partial charge < -0.3 is 10.0 Å². The van der Waals surface area contributed by atoms with Crippen LogP contribution in [0, 0.1) is 12.7 Å². The molecule has 6 nitrogen and oxygen atoms in total. The largest absolute Gasteiger partial charge is 0.474 e. The Kier molecular flexibility index (Phi) is 4.94. The number of fused-ring (bicyclic) bond motifs is 1. The number of aliphatic carboxylic acids is 1. The van der Waals surface area contributed by atoms with E-state index >= 15 is 0 Å². The molecule has 1 aromatic carbocycles. The van der Waals surface area contributed by atoms with E-state index in [0.29, 0.717) is 5.56 Å². The van der Waals surface area contributed by atoms with Crippen LogP contribution in [0.3, 0.4) is 0 Å². The Balaban J connectivity index is 1.96. The van der Waals surface area contributed by atoms with Gasteiger partial charge >= 0.3 is 11.9 Å². The van der Waals surface area contributed by atoms with Crippen LogP contribution in [-0.2, 0) is 16.1 Å². The number of nitrogens with zero attached hydrogens (tertiary/aromatic N) is 3. The summed E-state index contributed by atoms with van der Waals surface area (Å²) in [6, 6.07) is 7.32. The average Bonchev–Trinajstić information content (AvgIpc) is 2.98. The zero-order chi connectivity index (χ0) is 18.8. The topological polar surface area (TPSA) is 83.4 Å². The van der Waals surface area contributed by atoms with E-state index in [4.69, 9.17) is 5.11 Å². The average molecular weight is 373 g/mol. The molecule has 0 fully saturated rings. The summed E-state index contributed by atoms with van der Waals surface area (Å²) in [5, 5.41) is 10.1. The van der Waals surface area contributed by atoms with Gasteiger partial charge in [-0.15, -0.1) is 11.3 Å². The highest BCUT2D eigenvalue weighted by atomic mass is 32.1. The lowest BCUT2D eigenvalue weighted by Crippen LogP contribution is -2.38. The van der Waals surface area contributed by atoms with Crippen LogP contribution in [0.4, 0.5) is 4.39 Å². The lowest BCUT2D eigenvalue weighted by Gasteiger charge is -2.27. The molecule has 1 amide bonds. The van der Waals surface area contributed by atoms with E-state index in [0.717, 1.165) is 20.1 Å². The molecule has 1 N–H and O–H groups in total. The summed E-state index contributed by atoms with van der Waals surface area (Å²) in [4.78, 5) is 32.9. The Morgan fingerprint density at radius 2 is 2.12 bits per heavy atom. The number of aryl methyl sites for hydroxylation is 1. The number of carbonyl (C=O) groups is 2. The molecule has 0 aliphatic carbocycles. The summed E-state index contributed by atoms with van der Waals surface area (Å²) >= 11 is 1.55. The van der Waals surface area contributed by atoms with Crippen molar-refractivity contribution >= 4 is 33.4 Å². The summed E-state index contributed by atoms with van der Waals surface area (Å²) in [6.07, 6.45) is 1.41. The third-order valence-electron chi connectivity index (χ3n) is 4.01. The molecular weight excluding hydrogens is 357 g/mol. The molecular formula is C18H16FN3O3S. The quantitative estimate of drug-likeness (QED) is 0.710. The van der Waals surface area contributed by atoms with Crippen molar-refractivity contribution in [3.05, 3.63) is 58.6 Å². The fourth-order valence-corrected chi connectivity index (χ4v) is 3.55. The Morgan fingerprint density at radius 1 is 1.35 bits per heavy atom. The molecule has 1 unspecified atom stereocenters. The molecule has 2 aromatic heterocycles. The number of carboxylic acid groups (broad SMARTS) is 1.